The van der Waals surface area contributed by atoms with Crippen molar-refractivity contribution in [1.82, 2.24) is 29.0 Å². The van der Waals surface area contributed by atoms with Crippen LogP contribution in [0.2, 0.25) is 0 Å². The first kappa shape index (κ1) is 18.7. The predicted octanol–water partition coefficient (Wildman–Crippen LogP) is 3.57. The first-order chi connectivity index (χ1) is 14.5. The third kappa shape index (κ3) is 3.10. The summed E-state index contributed by atoms with van der Waals surface area (Å²) in [6, 6.07) is 9.06. The molecular formula is C21H20F2N6O. The number of piperidine rings is 1. The zero-order valence-electron chi connectivity index (χ0n) is 16.4. The van der Waals surface area contributed by atoms with E-state index < -0.39 is 6.43 Å². The molecule has 0 spiro atoms. The molecule has 1 aliphatic rings. The molecule has 0 N–H and O–H groups in total. The Morgan fingerprint density at radius 2 is 2.10 bits per heavy atom. The number of amides is 1. The fourth-order valence-electron chi connectivity index (χ4n) is 4.26. The van der Waals surface area contributed by atoms with Gasteiger partial charge in [0.15, 0.2) is 0 Å². The Bertz CT molecular complexity index is 1250. The van der Waals surface area contributed by atoms with Crippen LogP contribution in [0.3, 0.4) is 0 Å². The lowest BCUT2D eigenvalue weighted by Crippen LogP contribution is -2.39. The van der Waals surface area contributed by atoms with E-state index in [4.69, 9.17) is 0 Å². The lowest BCUT2D eigenvalue weighted by Gasteiger charge is -2.33. The molecular weight excluding hydrogens is 390 g/mol. The molecule has 1 saturated heterocycles. The quantitative estimate of drug-likeness (QED) is 0.518. The van der Waals surface area contributed by atoms with Crippen molar-refractivity contribution in [1.29, 1.82) is 0 Å². The van der Waals surface area contributed by atoms with Gasteiger partial charge in [-0.3, -0.25) is 4.79 Å². The molecule has 4 heterocycles. The van der Waals surface area contributed by atoms with Gasteiger partial charge < -0.3 is 9.47 Å². The number of halogens is 2. The second-order valence-corrected chi connectivity index (χ2v) is 7.67. The van der Waals surface area contributed by atoms with Gasteiger partial charge in [0.1, 0.15) is 12.0 Å². The van der Waals surface area contributed by atoms with E-state index in [1.165, 1.54) is 16.9 Å². The van der Waals surface area contributed by atoms with Crippen molar-refractivity contribution in [3.05, 3.63) is 59.8 Å². The Labute approximate surface area is 171 Å². The molecule has 0 saturated carbocycles. The lowest BCUT2D eigenvalue weighted by atomic mass is 9.93. The summed E-state index contributed by atoms with van der Waals surface area (Å²) in [5, 5.41) is 5.16. The molecule has 1 amide bonds. The molecule has 0 aliphatic carbocycles. The number of carbonyl (C=O) groups is 1. The van der Waals surface area contributed by atoms with E-state index in [2.05, 4.69) is 15.1 Å². The van der Waals surface area contributed by atoms with Crippen LogP contribution in [0, 0.1) is 0 Å². The number of nitrogens with zero attached hydrogens (tertiary/aromatic N) is 6. The highest BCUT2D eigenvalue weighted by molar-refractivity contribution is 5.98. The number of alkyl halides is 2. The van der Waals surface area contributed by atoms with E-state index in [9.17, 15) is 13.6 Å². The standard InChI is InChI=1S/C21H20F2N6O/c1-27-8-6-13-9-14(4-5-17(13)27)20(30)28-7-2-3-15(11-28)18-10-16(19(22)23)26-21-24-12-25-29(18)21/h4-6,8-10,12,15,19H,2-3,7,11H2,1H3. The molecule has 1 aromatic carbocycles. The highest BCUT2D eigenvalue weighted by atomic mass is 19.3. The molecule has 7 nitrogen and oxygen atoms in total. The molecule has 1 atom stereocenters. The van der Waals surface area contributed by atoms with E-state index >= 15 is 0 Å². The highest BCUT2D eigenvalue weighted by Crippen LogP contribution is 2.30. The van der Waals surface area contributed by atoms with Gasteiger partial charge in [0.25, 0.3) is 18.1 Å². The van der Waals surface area contributed by atoms with Crippen molar-refractivity contribution in [3.8, 4) is 0 Å². The minimum absolute atomic E-state index is 0.0524. The zero-order valence-corrected chi connectivity index (χ0v) is 16.4. The summed E-state index contributed by atoms with van der Waals surface area (Å²) < 4.78 is 30.1. The molecule has 1 fully saturated rings. The van der Waals surface area contributed by atoms with Gasteiger partial charge in [-0.25, -0.2) is 18.3 Å². The Kier molecular flexibility index (Phi) is 4.45. The van der Waals surface area contributed by atoms with Crippen LogP contribution in [0.5, 0.6) is 0 Å². The van der Waals surface area contributed by atoms with Crippen molar-refractivity contribution >= 4 is 22.6 Å². The topological polar surface area (TPSA) is 68.3 Å². The maximum absolute atomic E-state index is 13.3. The zero-order chi connectivity index (χ0) is 20.8. The van der Waals surface area contributed by atoms with E-state index in [1.54, 1.807) is 4.90 Å². The van der Waals surface area contributed by atoms with Gasteiger partial charge in [0.05, 0.1) is 5.69 Å². The van der Waals surface area contributed by atoms with E-state index in [0.29, 0.717) is 24.3 Å². The molecule has 1 aliphatic heterocycles. The van der Waals surface area contributed by atoms with Crippen molar-refractivity contribution in [2.45, 2.75) is 25.2 Å². The third-order valence-corrected chi connectivity index (χ3v) is 5.78. The minimum atomic E-state index is -2.69. The maximum atomic E-state index is 13.3. The van der Waals surface area contributed by atoms with Crippen LogP contribution in [0.1, 0.15) is 46.9 Å². The van der Waals surface area contributed by atoms with Gasteiger partial charge in [0, 0.05) is 48.7 Å². The summed E-state index contributed by atoms with van der Waals surface area (Å²) in [5.41, 5.74) is 1.99. The minimum Gasteiger partial charge on any atom is -0.351 e. The number of benzene rings is 1. The number of aryl methyl sites for hydroxylation is 1. The van der Waals surface area contributed by atoms with Crippen molar-refractivity contribution in [2.75, 3.05) is 13.1 Å². The third-order valence-electron chi connectivity index (χ3n) is 5.78. The summed E-state index contributed by atoms with van der Waals surface area (Å²) in [6.07, 6.45) is 2.14. The van der Waals surface area contributed by atoms with E-state index in [1.807, 2.05) is 42.1 Å². The van der Waals surface area contributed by atoms with Gasteiger partial charge in [0.2, 0.25) is 0 Å². The highest BCUT2D eigenvalue weighted by Gasteiger charge is 2.29. The molecule has 5 rings (SSSR count). The fraction of sp³-hybridized carbons (Fsp3) is 0.333. The normalized spacial score (nSPS) is 17.3. The summed E-state index contributed by atoms with van der Waals surface area (Å²) in [5.74, 6) is -0.0166. The Hall–Kier alpha value is -3.36. The first-order valence-corrected chi connectivity index (χ1v) is 9.84. The van der Waals surface area contributed by atoms with E-state index in [-0.39, 0.29) is 23.3 Å². The lowest BCUT2D eigenvalue weighted by molar-refractivity contribution is 0.0705. The number of aromatic nitrogens is 5. The second-order valence-electron chi connectivity index (χ2n) is 7.67. The maximum Gasteiger partial charge on any atom is 0.280 e. The molecule has 30 heavy (non-hydrogen) atoms. The van der Waals surface area contributed by atoms with Gasteiger partial charge >= 0.3 is 0 Å². The predicted molar refractivity (Wildman–Crippen MR) is 107 cm³/mol. The van der Waals surface area contributed by atoms with Gasteiger partial charge in [-0.1, -0.05) is 0 Å². The number of hydrogen-bond donors (Lipinski definition) is 0. The first-order valence-electron chi connectivity index (χ1n) is 9.84. The molecule has 0 bridgehead atoms. The van der Waals surface area contributed by atoms with Crippen molar-refractivity contribution in [2.24, 2.45) is 7.05 Å². The van der Waals surface area contributed by atoms with Gasteiger partial charge in [-0.05, 0) is 43.2 Å². The Morgan fingerprint density at radius 1 is 1.23 bits per heavy atom. The molecule has 3 aromatic heterocycles. The van der Waals surface area contributed by atoms with Gasteiger partial charge in [-0.2, -0.15) is 10.1 Å². The fourth-order valence-corrected chi connectivity index (χ4v) is 4.26. The number of rotatable bonds is 3. The molecule has 1 unspecified atom stereocenters. The molecule has 154 valence electrons. The van der Waals surface area contributed by atoms with Crippen LogP contribution >= 0.6 is 0 Å². The van der Waals surface area contributed by atoms with Crippen LogP contribution < -0.4 is 0 Å². The average Bonchev–Trinajstić information content (AvgIpc) is 3.39. The molecule has 9 heteroatoms. The summed E-state index contributed by atoms with van der Waals surface area (Å²) in [4.78, 5) is 22.8. The van der Waals surface area contributed by atoms with Crippen molar-refractivity contribution < 1.29 is 13.6 Å². The van der Waals surface area contributed by atoms with Crippen LogP contribution in [0.15, 0.2) is 42.9 Å². The van der Waals surface area contributed by atoms with Gasteiger partial charge in [-0.15, -0.1) is 0 Å². The number of carbonyl (C=O) groups excluding carboxylic acids is 1. The van der Waals surface area contributed by atoms with Crippen LogP contribution in [-0.2, 0) is 7.05 Å². The van der Waals surface area contributed by atoms with Crippen LogP contribution in [0.25, 0.3) is 16.7 Å². The smallest absolute Gasteiger partial charge is 0.280 e. The molecule has 0 radical (unpaired) electrons. The van der Waals surface area contributed by atoms with Crippen LogP contribution in [0.4, 0.5) is 8.78 Å². The SMILES string of the molecule is Cn1ccc2cc(C(=O)N3CCCC(c4cc(C(F)F)nc5ncnn45)C3)ccc21. The Morgan fingerprint density at radius 3 is 2.93 bits per heavy atom. The Balaban J connectivity index is 1.45. The monoisotopic (exact) mass is 410 g/mol. The molecule has 4 aromatic rings. The summed E-state index contributed by atoms with van der Waals surface area (Å²) in [6.45, 7) is 1.07. The number of hydrogen-bond acceptors (Lipinski definition) is 4. The van der Waals surface area contributed by atoms with Crippen molar-refractivity contribution in [3.63, 3.8) is 0 Å². The average molecular weight is 410 g/mol. The summed E-state index contributed by atoms with van der Waals surface area (Å²) in [7, 11) is 1.96. The van der Waals surface area contributed by atoms with E-state index in [0.717, 1.165) is 23.7 Å². The largest absolute Gasteiger partial charge is 0.351 e. The van der Waals surface area contributed by atoms with Crippen LogP contribution in [-0.4, -0.2) is 48.0 Å². The summed E-state index contributed by atoms with van der Waals surface area (Å²) >= 11 is 0. The number of fused-ring (bicyclic) bond motifs is 2. The second kappa shape index (κ2) is 7.16. The number of likely N-dealkylation sites (tertiary alicyclic amines) is 1.